The summed E-state index contributed by atoms with van der Waals surface area (Å²) >= 11 is 12.4. The van der Waals surface area contributed by atoms with Crippen molar-refractivity contribution in [3.63, 3.8) is 0 Å². The second-order valence-corrected chi connectivity index (χ2v) is 5.91. The van der Waals surface area contributed by atoms with E-state index in [1.807, 2.05) is 6.07 Å². The second kappa shape index (κ2) is 4.29. The average molecular weight is 269 g/mol. The zero-order valence-corrected chi connectivity index (χ0v) is 11.0. The Labute approximate surface area is 111 Å². The highest BCUT2D eigenvalue weighted by atomic mass is 35.5. The molecular weight excluding hydrogens is 255 g/mol. The van der Waals surface area contributed by atoms with Crippen LogP contribution in [0.3, 0.4) is 0 Å². The second-order valence-electron chi connectivity index (χ2n) is 5.10. The summed E-state index contributed by atoms with van der Waals surface area (Å²) in [5, 5.41) is 1.28. The molecule has 0 bridgehead atoms. The van der Waals surface area contributed by atoms with Crippen molar-refractivity contribution >= 4 is 29.0 Å². The summed E-state index contributed by atoms with van der Waals surface area (Å²) in [6.45, 7) is 0. The molecule has 2 aliphatic rings. The minimum atomic E-state index is 0.177. The highest BCUT2D eigenvalue weighted by Gasteiger charge is 2.37. The molecule has 2 unspecified atom stereocenters. The van der Waals surface area contributed by atoms with Crippen LogP contribution in [-0.2, 0) is 0 Å². The van der Waals surface area contributed by atoms with Crippen LogP contribution in [0.4, 0.5) is 0 Å². The molecule has 2 atom stereocenters. The van der Waals surface area contributed by atoms with Crippen LogP contribution in [0, 0.1) is 5.92 Å². The highest BCUT2D eigenvalue weighted by Crippen LogP contribution is 2.48. The SMILES string of the molecule is O=C1CC2CCCCC2c2c(Cl)ccc(Cl)c21. The third-order valence-corrected chi connectivity index (χ3v) is 4.79. The van der Waals surface area contributed by atoms with E-state index in [-0.39, 0.29) is 5.78 Å². The fourth-order valence-corrected chi connectivity index (χ4v) is 3.95. The van der Waals surface area contributed by atoms with E-state index in [9.17, 15) is 4.79 Å². The molecule has 0 radical (unpaired) electrons. The largest absolute Gasteiger partial charge is 0.294 e. The lowest BCUT2D eigenvalue weighted by molar-refractivity contribution is 0.0919. The van der Waals surface area contributed by atoms with Crippen LogP contribution < -0.4 is 0 Å². The maximum atomic E-state index is 12.2. The summed E-state index contributed by atoms with van der Waals surface area (Å²) in [6, 6.07) is 3.57. The van der Waals surface area contributed by atoms with Crippen LogP contribution in [-0.4, -0.2) is 5.78 Å². The summed E-state index contributed by atoms with van der Waals surface area (Å²) < 4.78 is 0. The lowest BCUT2D eigenvalue weighted by Crippen LogP contribution is -2.28. The van der Waals surface area contributed by atoms with Crippen molar-refractivity contribution in [2.24, 2.45) is 5.92 Å². The molecule has 1 nitrogen and oxygen atoms in total. The predicted octanol–water partition coefficient (Wildman–Crippen LogP) is 4.85. The van der Waals surface area contributed by atoms with E-state index in [4.69, 9.17) is 23.2 Å². The number of rotatable bonds is 0. The van der Waals surface area contributed by atoms with Gasteiger partial charge >= 0.3 is 0 Å². The molecule has 2 aliphatic carbocycles. The molecule has 0 N–H and O–H groups in total. The molecule has 17 heavy (non-hydrogen) atoms. The van der Waals surface area contributed by atoms with Crippen LogP contribution >= 0.6 is 23.2 Å². The van der Waals surface area contributed by atoms with Crippen LogP contribution in [0.1, 0.15) is 53.9 Å². The molecule has 1 aromatic rings. The van der Waals surface area contributed by atoms with Gasteiger partial charge in [0.1, 0.15) is 0 Å². The Bertz CT molecular complexity index is 481. The van der Waals surface area contributed by atoms with Crippen LogP contribution in [0.2, 0.25) is 10.0 Å². The minimum Gasteiger partial charge on any atom is -0.294 e. The molecule has 0 heterocycles. The lowest BCUT2D eigenvalue weighted by atomic mass is 9.68. The smallest absolute Gasteiger partial charge is 0.165 e. The summed E-state index contributed by atoms with van der Waals surface area (Å²) in [5.41, 5.74) is 1.72. The van der Waals surface area contributed by atoms with Gasteiger partial charge in [-0.25, -0.2) is 0 Å². The Hall–Kier alpha value is -0.530. The highest BCUT2D eigenvalue weighted by molar-refractivity contribution is 6.36. The monoisotopic (exact) mass is 268 g/mol. The first-order chi connectivity index (χ1) is 8.18. The maximum Gasteiger partial charge on any atom is 0.165 e. The van der Waals surface area contributed by atoms with Crippen LogP contribution in [0.25, 0.3) is 0 Å². The average Bonchev–Trinajstić information content (AvgIpc) is 2.33. The van der Waals surface area contributed by atoms with Gasteiger partial charge in [-0.1, -0.05) is 36.0 Å². The predicted molar refractivity (Wildman–Crippen MR) is 70.1 cm³/mol. The molecule has 1 aromatic carbocycles. The van der Waals surface area contributed by atoms with E-state index >= 15 is 0 Å². The number of fused-ring (bicyclic) bond motifs is 3. The van der Waals surface area contributed by atoms with Crippen molar-refractivity contribution in [2.75, 3.05) is 0 Å². The quantitative estimate of drug-likeness (QED) is 0.657. The van der Waals surface area contributed by atoms with Gasteiger partial charge in [-0.05, 0) is 42.4 Å². The standard InChI is InChI=1S/C14H14Cl2O/c15-10-5-6-11(16)14-12(17)7-8-3-1-2-4-9(8)13(10)14/h5-6,8-9H,1-4,7H2. The van der Waals surface area contributed by atoms with E-state index in [1.54, 1.807) is 6.07 Å². The van der Waals surface area contributed by atoms with Crippen molar-refractivity contribution in [3.05, 3.63) is 33.3 Å². The molecule has 1 saturated carbocycles. The summed E-state index contributed by atoms with van der Waals surface area (Å²) in [7, 11) is 0. The first kappa shape index (κ1) is 11.6. The Morgan fingerprint density at radius 2 is 1.76 bits per heavy atom. The van der Waals surface area contributed by atoms with Crippen molar-refractivity contribution in [3.8, 4) is 0 Å². The topological polar surface area (TPSA) is 17.1 Å². The van der Waals surface area contributed by atoms with Crippen molar-refractivity contribution in [2.45, 2.75) is 38.0 Å². The number of Topliss-reactive ketones (excluding diaryl/α,β-unsaturated/α-hetero) is 1. The van der Waals surface area contributed by atoms with E-state index in [0.29, 0.717) is 33.9 Å². The van der Waals surface area contributed by atoms with Crippen molar-refractivity contribution < 1.29 is 4.79 Å². The summed E-state index contributed by atoms with van der Waals surface area (Å²) in [4.78, 5) is 12.2. The molecule has 0 aromatic heterocycles. The third kappa shape index (κ3) is 1.80. The fraction of sp³-hybridized carbons (Fsp3) is 0.500. The van der Waals surface area contributed by atoms with Gasteiger partial charge in [0.05, 0.1) is 5.02 Å². The van der Waals surface area contributed by atoms with Crippen LogP contribution in [0.15, 0.2) is 12.1 Å². The molecule has 0 amide bonds. The maximum absolute atomic E-state index is 12.2. The number of halogens is 2. The number of carbonyl (C=O) groups is 1. The summed E-state index contributed by atoms with van der Waals surface area (Å²) in [6.07, 6.45) is 5.42. The minimum absolute atomic E-state index is 0.177. The Morgan fingerprint density at radius 1 is 1.06 bits per heavy atom. The molecule has 3 rings (SSSR count). The van der Waals surface area contributed by atoms with Crippen LogP contribution in [0.5, 0.6) is 0 Å². The number of ketones is 1. The number of hydrogen-bond acceptors (Lipinski definition) is 1. The van der Waals surface area contributed by atoms with Gasteiger partial charge in [0.2, 0.25) is 0 Å². The molecule has 3 heteroatoms. The van der Waals surface area contributed by atoms with Gasteiger partial charge in [0.25, 0.3) is 0 Å². The van der Waals surface area contributed by atoms with Gasteiger partial charge in [-0.15, -0.1) is 0 Å². The molecular formula is C14H14Cl2O. The van der Waals surface area contributed by atoms with Crippen molar-refractivity contribution in [1.29, 1.82) is 0 Å². The molecule has 0 spiro atoms. The normalized spacial score (nSPS) is 27.5. The summed E-state index contributed by atoms with van der Waals surface area (Å²) in [5.74, 6) is 1.11. The molecule has 90 valence electrons. The number of carbonyl (C=O) groups excluding carboxylic acids is 1. The molecule has 1 fully saturated rings. The third-order valence-electron chi connectivity index (χ3n) is 4.15. The Kier molecular flexibility index (Phi) is 2.92. The zero-order chi connectivity index (χ0) is 12.0. The first-order valence-electron chi connectivity index (χ1n) is 6.19. The number of benzene rings is 1. The molecule has 0 aliphatic heterocycles. The van der Waals surface area contributed by atoms with Crippen molar-refractivity contribution in [1.82, 2.24) is 0 Å². The van der Waals surface area contributed by atoms with E-state index in [2.05, 4.69) is 0 Å². The Balaban J connectivity index is 2.18. The van der Waals surface area contributed by atoms with Gasteiger partial charge in [-0.2, -0.15) is 0 Å². The van der Waals surface area contributed by atoms with Gasteiger partial charge in [-0.3, -0.25) is 4.79 Å². The number of hydrogen-bond donors (Lipinski definition) is 0. The van der Waals surface area contributed by atoms with E-state index < -0.39 is 0 Å². The van der Waals surface area contributed by atoms with Gasteiger partial charge in [0.15, 0.2) is 5.78 Å². The first-order valence-corrected chi connectivity index (χ1v) is 6.95. The fourth-order valence-electron chi connectivity index (χ4n) is 3.39. The lowest BCUT2D eigenvalue weighted by Gasteiger charge is -2.37. The van der Waals surface area contributed by atoms with Gasteiger partial charge < -0.3 is 0 Å². The zero-order valence-electron chi connectivity index (χ0n) is 9.51. The molecule has 0 saturated heterocycles. The Morgan fingerprint density at radius 3 is 2.59 bits per heavy atom. The van der Waals surface area contributed by atoms with Gasteiger partial charge in [0, 0.05) is 17.0 Å². The van der Waals surface area contributed by atoms with E-state index in [1.165, 1.54) is 12.8 Å². The van der Waals surface area contributed by atoms with E-state index in [0.717, 1.165) is 18.4 Å².